The zero-order chi connectivity index (χ0) is 9.68. The number of alkyl halides is 2. The highest BCUT2D eigenvalue weighted by Gasteiger charge is 2.01. The van der Waals surface area contributed by atoms with E-state index in [1.807, 2.05) is 0 Å². The highest BCUT2D eigenvalue weighted by atomic mass is 79.9. The quantitative estimate of drug-likeness (QED) is 0.675. The fourth-order valence-electron chi connectivity index (χ4n) is 1.22. The number of hydrogen-bond acceptors (Lipinski definition) is 0. The van der Waals surface area contributed by atoms with Crippen LogP contribution in [0.25, 0.3) is 0 Å². The lowest BCUT2D eigenvalue weighted by atomic mass is 10.1. The van der Waals surface area contributed by atoms with Crippen molar-refractivity contribution in [3.8, 4) is 0 Å². The molecule has 0 unspecified atom stereocenters. The van der Waals surface area contributed by atoms with Crippen molar-refractivity contribution in [2.45, 2.75) is 18.2 Å². The lowest BCUT2D eigenvalue weighted by molar-refractivity contribution is 0.927. The number of rotatable bonds is 4. The largest absolute Gasteiger partial charge is 0.0928 e. The zero-order valence-corrected chi connectivity index (χ0v) is 12.0. The van der Waals surface area contributed by atoms with Crippen LogP contribution in [0.5, 0.6) is 0 Å². The van der Waals surface area contributed by atoms with Crippen LogP contribution in [0, 0.1) is 0 Å². The van der Waals surface area contributed by atoms with Crippen molar-refractivity contribution in [3.63, 3.8) is 0 Å². The van der Waals surface area contributed by atoms with E-state index < -0.39 is 0 Å². The lowest BCUT2D eigenvalue weighted by Crippen LogP contribution is -1.92. The van der Waals surface area contributed by atoms with Crippen molar-refractivity contribution in [2.24, 2.45) is 0 Å². The van der Waals surface area contributed by atoms with Crippen LogP contribution in [0.1, 0.15) is 17.5 Å². The van der Waals surface area contributed by atoms with Gasteiger partial charge in [-0.15, -0.1) is 0 Å². The summed E-state index contributed by atoms with van der Waals surface area (Å²) < 4.78 is 1.16. The maximum atomic E-state index is 3.50. The summed E-state index contributed by atoms with van der Waals surface area (Å²) in [6.45, 7) is 0. The van der Waals surface area contributed by atoms with Crippen molar-refractivity contribution in [3.05, 3.63) is 33.8 Å². The summed E-state index contributed by atoms with van der Waals surface area (Å²) in [5.41, 5.74) is 2.83. The maximum Gasteiger partial charge on any atom is 0.0286 e. The molecule has 0 atom stereocenters. The Morgan fingerprint density at radius 3 is 2.46 bits per heavy atom. The number of benzene rings is 1. The van der Waals surface area contributed by atoms with E-state index in [4.69, 9.17) is 0 Å². The number of hydrogen-bond donors (Lipinski definition) is 0. The summed E-state index contributed by atoms with van der Waals surface area (Å²) in [7, 11) is 0. The standard InChI is InChI=1S/C10H11Br3/c11-5-1-2-8-3-4-10(13)6-9(8)7-12/h3-4,6H,1-2,5,7H2. The van der Waals surface area contributed by atoms with Crippen molar-refractivity contribution < 1.29 is 0 Å². The molecule has 3 heteroatoms. The van der Waals surface area contributed by atoms with Gasteiger partial charge in [-0.3, -0.25) is 0 Å². The smallest absolute Gasteiger partial charge is 0.0286 e. The molecule has 1 aromatic rings. The van der Waals surface area contributed by atoms with Crippen LogP contribution >= 0.6 is 47.8 Å². The lowest BCUT2D eigenvalue weighted by Gasteiger charge is -2.06. The topological polar surface area (TPSA) is 0 Å². The van der Waals surface area contributed by atoms with Gasteiger partial charge in [0.05, 0.1) is 0 Å². The molecule has 0 aliphatic carbocycles. The second-order valence-electron chi connectivity index (χ2n) is 2.84. The van der Waals surface area contributed by atoms with Gasteiger partial charge in [0.25, 0.3) is 0 Å². The van der Waals surface area contributed by atoms with E-state index in [1.165, 1.54) is 17.5 Å². The molecule has 1 rings (SSSR count). The molecule has 0 saturated heterocycles. The predicted octanol–water partition coefficient (Wildman–Crippen LogP) is 4.67. The van der Waals surface area contributed by atoms with Gasteiger partial charge < -0.3 is 0 Å². The Balaban J connectivity index is 2.79. The van der Waals surface area contributed by atoms with Crippen molar-refractivity contribution in [1.82, 2.24) is 0 Å². The summed E-state index contributed by atoms with van der Waals surface area (Å²) >= 11 is 10.4. The molecule has 0 N–H and O–H groups in total. The molecule has 0 bridgehead atoms. The van der Waals surface area contributed by atoms with Crippen LogP contribution in [-0.2, 0) is 11.8 Å². The van der Waals surface area contributed by atoms with Gasteiger partial charge in [0.2, 0.25) is 0 Å². The Kier molecular flexibility index (Phi) is 5.60. The average Bonchev–Trinajstić information content (AvgIpc) is 2.16. The van der Waals surface area contributed by atoms with Gasteiger partial charge in [-0.2, -0.15) is 0 Å². The minimum Gasteiger partial charge on any atom is -0.0928 e. The van der Waals surface area contributed by atoms with Gasteiger partial charge in [-0.05, 0) is 36.1 Å². The van der Waals surface area contributed by atoms with Gasteiger partial charge >= 0.3 is 0 Å². The molecule has 0 aromatic heterocycles. The third-order valence-electron chi connectivity index (χ3n) is 1.89. The van der Waals surface area contributed by atoms with E-state index in [9.17, 15) is 0 Å². The Morgan fingerprint density at radius 2 is 1.85 bits per heavy atom. The first-order valence-electron chi connectivity index (χ1n) is 4.17. The van der Waals surface area contributed by atoms with Crippen LogP contribution in [0.15, 0.2) is 22.7 Å². The first-order chi connectivity index (χ1) is 6.27. The molecule has 0 fully saturated rings. The fourth-order valence-corrected chi connectivity index (χ4v) is 2.43. The SMILES string of the molecule is BrCCCc1ccc(Br)cc1CBr. The minimum absolute atomic E-state index is 0.935. The Hall–Kier alpha value is 0.660. The molecule has 72 valence electrons. The summed E-state index contributed by atoms with van der Waals surface area (Å²) in [6, 6.07) is 6.48. The number of halogens is 3. The molecular weight excluding hydrogens is 360 g/mol. The summed E-state index contributed by atoms with van der Waals surface area (Å²) in [5, 5.41) is 2.01. The molecular formula is C10H11Br3. The van der Waals surface area contributed by atoms with Crippen molar-refractivity contribution >= 4 is 47.8 Å². The van der Waals surface area contributed by atoms with Crippen LogP contribution in [0.2, 0.25) is 0 Å². The molecule has 0 aliphatic heterocycles. The monoisotopic (exact) mass is 368 g/mol. The Labute approximate surface area is 104 Å². The van der Waals surface area contributed by atoms with E-state index in [0.29, 0.717) is 0 Å². The zero-order valence-electron chi connectivity index (χ0n) is 7.19. The first kappa shape index (κ1) is 11.7. The van der Waals surface area contributed by atoms with E-state index in [-0.39, 0.29) is 0 Å². The third kappa shape index (κ3) is 3.72. The minimum atomic E-state index is 0.935. The highest BCUT2D eigenvalue weighted by Crippen LogP contribution is 2.20. The van der Waals surface area contributed by atoms with E-state index in [2.05, 4.69) is 66.0 Å². The molecule has 0 heterocycles. The van der Waals surface area contributed by atoms with E-state index >= 15 is 0 Å². The van der Waals surface area contributed by atoms with Gasteiger partial charge in [0, 0.05) is 15.1 Å². The fraction of sp³-hybridized carbons (Fsp3) is 0.400. The summed E-state index contributed by atoms with van der Waals surface area (Å²) in [4.78, 5) is 0. The summed E-state index contributed by atoms with van der Waals surface area (Å²) in [5.74, 6) is 0. The Morgan fingerprint density at radius 1 is 1.08 bits per heavy atom. The molecule has 0 spiro atoms. The van der Waals surface area contributed by atoms with Gasteiger partial charge in [-0.25, -0.2) is 0 Å². The van der Waals surface area contributed by atoms with E-state index in [0.717, 1.165) is 21.6 Å². The van der Waals surface area contributed by atoms with Crippen molar-refractivity contribution in [1.29, 1.82) is 0 Å². The molecule has 0 amide bonds. The molecule has 0 saturated carbocycles. The molecule has 1 aromatic carbocycles. The Bertz CT molecular complexity index is 271. The van der Waals surface area contributed by atoms with Crippen molar-refractivity contribution in [2.75, 3.05) is 5.33 Å². The third-order valence-corrected chi connectivity index (χ3v) is 3.55. The van der Waals surface area contributed by atoms with Gasteiger partial charge in [0.15, 0.2) is 0 Å². The second kappa shape index (κ2) is 6.20. The van der Waals surface area contributed by atoms with Crippen LogP contribution in [0.3, 0.4) is 0 Å². The van der Waals surface area contributed by atoms with Crippen LogP contribution < -0.4 is 0 Å². The highest BCUT2D eigenvalue weighted by molar-refractivity contribution is 9.10. The molecule has 0 nitrogen and oxygen atoms in total. The van der Waals surface area contributed by atoms with Crippen LogP contribution in [-0.4, -0.2) is 5.33 Å². The second-order valence-corrected chi connectivity index (χ2v) is 5.11. The number of aryl methyl sites for hydroxylation is 1. The van der Waals surface area contributed by atoms with Gasteiger partial charge in [0.1, 0.15) is 0 Å². The summed E-state index contributed by atoms with van der Waals surface area (Å²) in [6.07, 6.45) is 2.35. The molecule has 0 radical (unpaired) electrons. The predicted molar refractivity (Wildman–Crippen MR) is 68.9 cm³/mol. The molecule has 0 aliphatic rings. The normalized spacial score (nSPS) is 10.4. The van der Waals surface area contributed by atoms with Crippen LogP contribution in [0.4, 0.5) is 0 Å². The molecule has 13 heavy (non-hydrogen) atoms. The first-order valence-corrected chi connectivity index (χ1v) is 7.20. The average molecular weight is 371 g/mol. The van der Waals surface area contributed by atoms with E-state index in [1.54, 1.807) is 0 Å². The maximum absolute atomic E-state index is 3.50. The van der Waals surface area contributed by atoms with Gasteiger partial charge in [-0.1, -0.05) is 53.9 Å².